The van der Waals surface area contributed by atoms with E-state index in [1.807, 2.05) is 0 Å². The molecule has 1 unspecified atom stereocenters. The van der Waals surface area contributed by atoms with Crippen LogP contribution in [0.4, 0.5) is 8.78 Å². The first-order chi connectivity index (χ1) is 8.25. The summed E-state index contributed by atoms with van der Waals surface area (Å²) in [6.07, 6.45) is -1.58. The first-order valence-electron chi connectivity index (χ1n) is 5.68. The van der Waals surface area contributed by atoms with Gasteiger partial charge in [0.15, 0.2) is 11.5 Å². The van der Waals surface area contributed by atoms with E-state index in [-0.39, 0.29) is 18.3 Å². The third-order valence-electron chi connectivity index (χ3n) is 3.31. The number of nitrogens with one attached hydrogen (secondary N) is 1. The molecule has 2 heterocycles. The van der Waals surface area contributed by atoms with E-state index in [1.165, 1.54) is 6.07 Å². The van der Waals surface area contributed by atoms with E-state index in [4.69, 9.17) is 9.47 Å². The predicted octanol–water partition coefficient (Wildman–Crippen LogP) is 2.43. The van der Waals surface area contributed by atoms with Crippen LogP contribution in [0.3, 0.4) is 0 Å². The number of hydrogen-bond acceptors (Lipinski definition) is 3. The van der Waals surface area contributed by atoms with Crippen LogP contribution in [0, 0.1) is 0 Å². The van der Waals surface area contributed by atoms with Gasteiger partial charge in [0.05, 0.1) is 0 Å². The van der Waals surface area contributed by atoms with Crippen LogP contribution in [0.25, 0.3) is 0 Å². The number of alkyl halides is 2. The summed E-state index contributed by atoms with van der Waals surface area (Å²) >= 11 is 0. The molecule has 1 saturated heterocycles. The summed E-state index contributed by atoms with van der Waals surface area (Å²) in [6.45, 7) is 1.74. The van der Waals surface area contributed by atoms with Gasteiger partial charge in [0.25, 0.3) is 6.43 Å². The minimum Gasteiger partial charge on any atom is -0.454 e. The van der Waals surface area contributed by atoms with Crippen LogP contribution in [0.1, 0.15) is 29.9 Å². The van der Waals surface area contributed by atoms with Crippen molar-refractivity contribution < 1.29 is 18.3 Å². The maximum absolute atomic E-state index is 13.0. The van der Waals surface area contributed by atoms with E-state index in [0.717, 1.165) is 19.5 Å². The normalized spacial score (nSPS) is 22.4. The van der Waals surface area contributed by atoms with Gasteiger partial charge >= 0.3 is 0 Å². The highest BCUT2D eigenvalue weighted by molar-refractivity contribution is 5.50. The Bertz CT molecular complexity index is 431. The molecular weight excluding hydrogens is 228 g/mol. The van der Waals surface area contributed by atoms with Gasteiger partial charge in [-0.1, -0.05) is 0 Å². The Morgan fingerprint density at radius 2 is 2.00 bits per heavy atom. The van der Waals surface area contributed by atoms with Crippen LogP contribution in [0.15, 0.2) is 12.1 Å². The predicted molar refractivity (Wildman–Crippen MR) is 57.7 cm³/mol. The topological polar surface area (TPSA) is 30.5 Å². The van der Waals surface area contributed by atoms with Crippen molar-refractivity contribution in [2.45, 2.75) is 18.8 Å². The van der Waals surface area contributed by atoms with Gasteiger partial charge in [-0.3, -0.25) is 0 Å². The lowest BCUT2D eigenvalue weighted by atomic mass is 9.93. The number of fused-ring (bicyclic) bond motifs is 1. The molecule has 0 aliphatic carbocycles. The van der Waals surface area contributed by atoms with Crippen molar-refractivity contribution in [1.82, 2.24) is 5.32 Å². The van der Waals surface area contributed by atoms with Gasteiger partial charge in [-0.25, -0.2) is 8.78 Å². The maximum Gasteiger partial charge on any atom is 0.264 e. The summed E-state index contributed by atoms with van der Waals surface area (Å²) in [5.41, 5.74) is 0.761. The summed E-state index contributed by atoms with van der Waals surface area (Å²) in [5.74, 6) is 1.15. The number of hydrogen-bond donors (Lipinski definition) is 1. The summed E-state index contributed by atoms with van der Waals surface area (Å²) in [6, 6.07) is 3.13. The van der Waals surface area contributed by atoms with Crippen molar-refractivity contribution >= 4 is 0 Å². The van der Waals surface area contributed by atoms with Crippen LogP contribution in [-0.2, 0) is 0 Å². The maximum atomic E-state index is 13.0. The fourth-order valence-electron chi connectivity index (χ4n) is 2.44. The molecule has 5 heteroatoms. The molecule has 1 N–H and O–H groups in total. The largest absolute Gasteiger partial charge is 0.454 e. The van der Waals surface area contributed by atoms with Crippen molar-refractivity contribution in [3.8, 4) is 11.5 Å². The summed E-state index contributed by atoms with van der Waals surface area (Å²) in [7, 11) is 0. The number of ether oxygens (including phenoxy) is 2. The van der Waals surface area contributed by atoms with Crippen LogP contribution in [0.5, 0.6) is 11.5 Å². The molecule has 0 spiro atoms. The standard InChI is InChI=1S/C12H13F2NO2/c13-12(14)9-4-11-10(16-6-17-11)3-8(9)7-1-2-15-5-7/h3-4,7,12,15H,1-2,5-6H2. The third kappa shape index (κ3) is 1.84. The van der Waals surface area contributed by atoms with Crippen molar-refractivity contribution in [2.24, 2.45) is 0 Å². The molecule has 3 nitrogen and oxygen atoms in total. The molecule has 17 heavy (non-hydrogen) atoms. The van der Waals surface area contributed by atoms with Gasteiger partial charge < -0.3 is 14.8 Å². The van der Waals surface area contributed by atoms with Crippen LogP contribution in [-0.4, -0.2) is 19.9 Å². The highest BCUT2D eigenvalue weighted by Gasteiger charge is 2.27. The smallest absolute Gasteiger partial charge is 0.264 e. The van der Waals surface area contributed by atoms with E-state index in [2.05, 4.69) is 5.32 Å². The molecule has 1 fully saturated rings. The summed E-state index contributed by atoms with van der Waals surface area (Å²) in [5, 5.41) is 3.19. The van der Waals surface area contributed by atoms with Gasteiger partial charge in [0, 0.05) is 12.1 Å². The van der Waals surface area contributed by atoms with Gasteiger partial charge in [0.1, 0.15) is 0 Å². The Kier molecular flexibility index (Phi) is 2.63. The second kappa shape index (κ2) is 4.14. The average Bonchev–Trinajstić information content (AvgIpc) is 2.98. The van der Waals surface area contributed by atoms with E-state index in [0.29, 0.717) is 17.1 Å². The van der Waals surface area contributed by atoms with Gasteiger partial charge in [-0.05, 0) is 36.6 Å². The fourth-order valence-corrected chi connectivity index (χ4v) is 2.44. The van der Waals surface area contributed by atoms with Crippen LogP contribution in [0.2, 0.25) is 0 Å². The quantitative estimate of drug-likeness (QED) is 0.862. The number of halogens is 2. The molecule has 0 bridgehead atoms. The average molecular weight is 241 g/mol. The molecular formula is C12H13F2NO2. The Balaban J connectivity index is 2.04. The SMILES string of the molecule is FC(F)c1cc2c(cc1C1CCNC1)OCO2. The molecule has 1 atom stereocenters. The zero-order valence-electron chi connectivity index (χ0n) is 9.21. The molecule has 0 amide bonds. The molecule has 1 aromatic carbocycles. The molecule has 0 saturated carbocycles. The molecule has 1 aromatic rings. The first-order valence-corrected chi connectivity index (χ1v) is 5.68. The van der Waals surface area contributed by atoms with Crippen molar-refractivity contribution in [2.75, 3.05) is 19.9 Å². The highest BCUT2D eigenvalue weighted by atomic mass is 19.3. The highest BCUT2D eigenvalue weighted by Crippen LogP contribution is 2.41. The second-order valence-corrected chi connectivity index (χ2v) is 4.32. The minimum atomic E-state index is -2.47. The van der Waals surface area contributed by atoms with E-state index in [1.54, 1.807) is 6.07 Å². The van der Waals surface area contributed by atoms with E-state index >= 15 is 0 Å². The fraction of sp³-hybridized carbons (Fsp3) is 0.500. The van der Waals surface area contributed by atoms with Gasteiger partial charge in [0.2, 0.25) is 6.79 Å². The Morgan fingerprint density at radius 3 is 2.65 bits per heavy atom. The van der Waals surface area contributed by atoms with Gasteiger partial charge in [-0.15, -0.1) is 0 Å². The summed E-state index contributed by atoms with van der Waals surface area (Å²) in [4.78, 5) is 0. The molecule has 2 aliphatic rings. The lowest BCUT2D eigenvalue weighted by Crippen LogP contribution is -2.09. The van der Waals surface area contributed by atoms with E-state index in [9.17, 15) is 8.78 Å². The zero-order chi connectivity index (χ0) is 11.8. The molecule has 0 radical (unpaired) electrons. The number of benzene rings is 1. The second-order valence-electron chi connectivity index (χ2n) is 4.32. The Labute approximate surface area is 97.7 Å². The molecule has 92 valence electrons. The lowest BCUT2D eigenvalue weighted by Gasteiger charge is -2.15. The van der Waals surface area contributed by atoms with Crippen LogP contribution >= 0.6 is 0 Å². The van der Waals surface area contributed by atoms with Crippen molar-refractivity contribution in [1.29, 1.82) is 0 Å². The van der Waals surface area contributed by atoms with Crippen LogP contribution < -0.4 is 14.8 Å². The lowest BCUT2D eigenvalue weighted by molar-refractivity contribution is 0.149. The number of rotatable bonds is 2. The van der Waals surface area contributed by atoms with Gasteiger partial charge in [-0.2, -0.15) is 0 Å². The van der Waals surface area contributed by atoms with Crippen molar-refractivity contribution in [3.05, 3.63) is 23.3 Å². The Hall–Kier alpha value is -1.36. The van der Waals surface area contributed by atoms with Crippen molar-refractivity contribution in [3.63, 3.8) is 0 Å². The summed E-state index contributed by atoms with van der Waals surface area (Å²) < 4.78 is 36.4. The first kappa shape index (κ1) is 10.8. The zero-order valence-corrected chi connectivity index (χ0v) is 9.21. The van der Waals surface area contributed by atoms with E-state index < -0.39 is 6.43 Å². The molecule has 2 aliphatic heterocycles. The molecule has 3 rings (SSSR count). The monoisotopic (exact) mass is 241 g/mol. The molecule has 0 aromatic heterocycles. The third-order valence-corrected chi connectivity index (χ3v) is 3.31. The Morgan fingerprint density at radius 1 is 1.24 bits per heavy atom. The minimum absolute atomic E-state index is 0.0722.